The molecule has 0 radical (unpaired) electrons. The van der Waals surface area contributed by atoms with E-state index in [1.165, 1.54) is 12.1 Å². The van der Waals surface area contributed by atoms with E-state index in [2.05, 4.69) is 16.0 Å². The van der Waals surface area contributed by atoms with Crippen molar-refractivity contribution in [3.63, 3.8) is 0 Å². The Morgan fingerprint density at radius 3 is 2.34 bits per heavy atom. The Hall–Kier alpha value is -4.66. The van der Waals surface area contributed by atoms with Gasteiger partial charge in [-0.2, -0.15) is 0 Å². The standard InChI is InChI=1S/C36H47FN6O7/c1-25(44)43-15-6-7-27(23-43)34-41-31(22-32(42-34)39-30-9-5-8-28(37)21-30)26-10-12-29(13-11-26)40-33(45)24-49-20-19-48-18-17-47-16-14-38-35(46)50-36(2,3)4/h5,8-13,21-22,27H,6-7,14-20,23-24H2,1-4H3,(H,38,46)(H,40,45)(H,39,41,42). The second kappa shape index (κ2) is 18.9. The Labute approximate surface area is 292 Å². The Morgan fingerprint density at radius 1 is 0.920 bits per heavy atom. The molecule has 3 amide bonds. The maximum Gasteiger partial charge on any atom is 0.407 e. The number of rotatable bonds is 16. The Bertz CT molecular complexity index is 1570. The predicted molar refractivity (Wildman–Crippen MR) is 187 cm³/mol. The van der Waals surface area contributed by atoms with Gasteiger partial charge in [-0.1, -0.05) is 18.2 Å². The SMILES string of the molecule is CC(=O)N1CCCC(c2nc(Nc3cccc(F)c3)cc(-c3ccc(NC(=O)COCCOCCOCCNC(=O)OC(C)(C)C)cc3)n2)C1. The van der Waals surface area contributed by atoms with Crippen molar-refractivity contribution in [3.05, 3.63) is 66.2 Å². The number of aromatic nitrogens is 2. The van der Waals surface area contributed by atoms with Crippen LogP contribution in [0.1, 0.15) is 52.3 Å². The minimum atomic E-state index is -0.549. The van der Waals surface area contributed by atoms with Crippen molar-refractivity contribution in [2.75, 3.05) is 69.9 Å². The molecule has 1 unspecified atom stereocenters. The first-order valence-corrected chi connectivity index (χ1v) is 16.7. The number of halogens is 1. The van der Waals surface area contributed by atoms with Gasteiger partial charge >= 0.3 is 6.09 Å². The maximum absolute atomic E-state index is 13.9. The number of hydrogen-bond donors (Lipinski definition) is 3. The number of piperidine rings is 1. The van der Waals surface area contributed by atoms with Crippen molar-refractivity contribution in [2.45, 2.75) is 52.1 Å². The second-order valence-corrected chi connectivity index (χ2v) is 12.8. The lowest BCUT2D eigenvalue weighted by molar-refractivity contribution is -0.130. The molecule has 3 aromatic rings. The third-order valence-electron chi connectivity index (χ3n) is 7.43. The summed E-state index contributed by atoms with van der Waals surface area (Å²) in [4.78, 5) is 47.5. The van der Waals surface area contributed by atoms with Crippen LogP contribution in [0.15, 0.2) is 54.6 Å². The molecule has 1 aliphatic rings. The summed E-state index contributed by atoms with van der Waals surface area (Å²) in [5.41, 5.74) is 2.04. The molecule has 3 N–H and O–H groups in total. The van der Waals surface area contributed by atoms with E-state index in [-0.39, 0.29) is 36.8 Å². The third kappa shape index (κ3) is 13.3. The van der Waals surface area contributed by atoms with Crippen LogP contribution in [0.2, 0.25) is 0 Å². The van der Waals surface area contributed by atoms with E-state index >= 15 is 0 Å². The summed E-state index contributed by atoms with van der Waals surface area (Å²) in [6.07, 6.45) is 1.21. The predicted octanol–water partition coefficient (Wildman–Crippen LogP) is 5.27. The highest BCUT2D eigenvalue weighted by molar-refractivity contribution is 5.92. The second-order valence-electron chi connectivity index (χ2n) is 12.8. The van der Waals surface area contributed by atoms with Crippen LogP contribution < -0.4 is 16.0 Å². The highest BCUT2D eigenvalue weighted by atomic mass is 19.1. The van der Waals surface area contributed by atoms with E-state index in [1.807, 2.05) is 17.0 Å². The van der Waals surface area contributed by atoms with Gasteiger partial charge < -0.3 is 39.8 Å². The van der Waals surface area contributed by atoms with Gasteiger partial charge in [0.05, 0.1) is 38.7 Å². The number of anilines is 3. The lowest BCUT2D eigenvalue weighted by Crippen LogP contribution is -2.38. The van der Waals surface area contributed by atoms with Gasteiger partial charge in [-0.25, -0.2) is 19.2 Å². The molecule has 1 aliphatic heterocycles. The molecule has 0 bridgehead atoms. The number of benzene rings is 2. The first-order chi connectivity index (χ1) is 23.9. The minimum absolute atomic E-state index is 0.0186. The first-order valence-electron chi connectivity index (χ1n) is 16.7. The largest absolute Gasteiger partial charge is 0.444 e. The summed E-state index contributed by atoms with van der Waals surface area (Å²) in [5.74, 6) is 0.412. The molecule has 1 fully saturated rings. The molecular weight excluding hydrogens is 647 g/mol. The number of likely N-dealkylation sites (tertiary alicyclic amines) is 1. The Balaban J connectivity index is 1.22. The molecule has 50 heavy (non-hydrogen) atoms. The van der Waals surface area contributed by atoms with Crippen molar-refractivity contribution in [2.24, 2.45) is 0 Å². The molecule has 4 rings (SSSR count). The van der Waals surface area contributed by atoms with Crippen LogP contribution in [-0.4, -0.2) is 97.7 Å². The van der Waals surface area contributed by atoms with Gasteiger partial charge in [0.2, 0.25) is 11.8 Å². The average Bonchev–Trinajstić information content (AvgIpc) is 3.06. The summed E-state index contributed by atoms with van der Waals surface area (Å²) in [7, 11) is 0. The van der Waals surface area contributed by atoms with Crippen molar-refractivity contribution in [3.8, 4) is 11.3 Å². The molecule has 0 spiro atoms. The van der Waals surface area contributed by atoms with E-state index in [4.69, 9.17) is 28.9 Å². The molecule has 14 heteroatoms. The molecule has 1 saturated heterocycles. The zero-order valence-electron chi connectivity index (χ0n) is 29.1. The number of hydrogen-bond acceptors (Lipinski definition) is 10. The van der Waals surface area contributed by atoms with Gasteiger partial charge in [0.1, 0.15) is 29.7 Å². The van der Waals surface area contributed by atoms with Crippen LogP contribution in [0.25, 0.3) is 11.3 Å². The topological polar surface area (TPSA) is 153 Å². The monoisotopic (exact) mass is 694 g/mol. The van der Waals surface area contributed by atoms with Crippen molar-refractivity contribution < 1.29 is 37.7 Å². The highest BCUT2D eigenvalue weighted by Gasteiger charge is 2.26. The first kappa shape index (κ1) is 38.1. The number of alkyl carbamates (subject to hydrolysis) is 1. The number of carbonyl (C=O) groups is 3. The highest BCUT2D eigenvalue weighted by Crippen LogP contribution is 2.30. The number of ether oxygens (including phenoxy) is 4. The summed E-state index contributed by atoms with van der Waals surface area (Å²) < 4.78 is 35.3. The van der Waals surface area contributed by atoms with E-state index in [9.17, 15) is 18.8 Å². The molecule has 1 aromatic heterocycles. The fourth-order valence-corrected chi connectivity index (χ4v) is 5.11. The lowest BCUT2D eigenvalue weighted by atomic mass is 9.96. The van der Waals surface area contributed by atoms with Gasteiger partial charge in [-0.15, -0.1) is 0 Å². The molecule has 2 heterocycles. The number of nitrogens with zero attached hydrogens (tertiary/aromatic N) is 3. The van der Waals surface area contributed by atoms with E-state index in [1.54, 1.807) is 58.0 Å². The molecule has 0 saturated carbocycles. The molecule has 13 nitrogen and oxygen atoms in total. The van der Waals surface area contributed by atoms with Crippen LogP contribution in [-0.2, 0) is 28.5 Å². The Kier molecular flexibility index (Phi) is 14.4. The van der Waals surface area contributed by atoms with Crippen molar-refractivity contribution >= 4 is 35.1 Å². The fraction of sp³-hybridized carbons (Fsp3) is 0.472. The normalized spacial score (nSPS) is 14.6. The van der Waals surface area contributed by atoms with Gasteiger partial charge in [-0.05, 0) is 63.9 Å². The van der Waals surface area contributed by atoms with E-state index in [0.717, 1.165) is 18.4 Å². The lowest BCUT2D eigenvalue weighted by Gasteiger charge is -2.31. The zero-order valence-corrected chi connectivity index (χ0v) is 29.1. The summed E-state index contributed by atoms with van der Waals surface area (Å²) in [5, 5.41) is 8.62. The third-order valence-corrected chi connectivity index (χ3v) is 7.43. The van der Waals surface area contributed by atoms with Crippen LogP contribution >= 0.6 is 0 Å². The molecular formula is C36H47FN6O7. The Morgan fingerprint density at radius 2 is 1.64 bits per heavy atom. The smallest absolute Gasteiger partial charge is 0.407 e. The molecule has 1 atom stereocenters. The fourth-order valence-electron chi connectivity index (χ4n) is 5.11. The van der Waals surface area contributed by atoms with E-state index < -0.39 is 11.7 Å². The van der Waals surface area contributed by atoms with Gasteiger partial charge in [0.15, 0.2) is 0 Å². The van der Waals surface area contributed by atoms with Crippen molar-refractivity contribution in [1.29, 1.82) is 0 Å². The van der Waals surface area contributed by atoms with Gasteiger partial charge in [-0.3, -0.25) is 9.59 Å². The quantitative estimate of drug-likeness (QED) is 0.169. The number of nitrogens with one attached hydrogen (secondary N) is 3. The van der Waals surface area contributed by atoms with Crippen LogP contribution in [0.5, 0.6) is 0 Å². The van der Waals surface area contributed by atoms with E-state index in [0.29, 0.717) is 74.8 Å². The summed E-state index contributed by atoms with van der Waals surface area (Å²) >= 11 is 0. The van der Waals surface area contributed by atoms with Gasteiger partial charge in [0, 0.05) is 55.5 Å². The maximum atomic E-state index is 13.9. The number of carbonyl (C=O) groups excluding carboxylic acids is 3. The molecule has 270 valence electrons. The summed E-state index contributed by atoms with van der Waals surface area (Å²) in [6.45, 7) is 9.95. The average molecular weight is 695 g/mol. The molecule has 0 aliphatic carbocycles. The van der Waals surface area contributed by atoms with Crippen molar-refractivity contribution in [1.82, 2.24) is 20.2 Å². The van der Waals surface area contributed by atoms with Crippen LogP contribution in [0.3, 0.4) is 0 Å². The van der Waals surface area contributed by atoms with Gasteiger partial charge in [0.25, 0.3) is 0 Å². The zero-order chi connectivity index (χ0) is 35.9. The van der Waals surface area contributed by atoms with Crippen LogP contribution in [0.4, 0.5) is 26.4 Å². The number of amides is 3. The summed E-state index contributed by atoms with van der Waals surface area (Å²) in [6, 6.07) is 15.2. The minimum Gasteiger partial charge on any atom is -0.444 e. The van der Waals surface area contributed by atoms with Crippen LogP contribution in [0, 0.1) is 5.82 Å². The molecule has 2 aromatic carbocycles.